The highest BCUT2D eigenvalue weighted by Crippen LogP contribution is 2.36. The average molecular weight is 592 g/mol. The van der Waals surface area contributed by atoms with Crippen molar-refractivity contribution in [2.24, 2.45) is 0 Å². The fourth-order valence-electron chi connectivity index (χ4n) is 5.17. The van der Waals surface area contributed by atoms with Crippen molar-refractivity contribution in [3.8, 4) is 17.2 Å². The van der Waals surface area contributed by atoms with Gasteiger partial charge in [-0.05, 0) is 77.8 Å². The summed E-state index contributed by atoms with van der Waals surface area (Å²) in [4.78, 5) is 11.5. The molecule has 0 fully saturated rings. The van der Waals surface area contributed by atoms with Crippen LogP contribution in [0.1, 0.15) is 15.9 Å². The summed E-state index contributed by atoms with van der Waals surface area (Å²) in [6.07, 6.45) is 0. The molecule has 0 aliphatic carbocycles. The summed E-state index contributed by atoms with van der Waals surface area (Å²) >= 11 is 0. The van der Waals surface area contributed by atoms with E-state index in [1.165, 1.54) is 21.2 Å². The molecule has 0 saturated carbocycles. The first-order valence-corrected chi connectivity index (χ1v) is 16.5. The van der Waals surface area contributed by atoms with Gasteiger partial charge in [-0.3, -0.25) is 0 Å². The van der Waals surface area contributed by atoms with Crippen LogP contribution in [0, 0.1) is 11.3 Å². The summed E-state index contributed by atoms with van der Waals surface area (Å²) in [6, 6.07) is 55.8. The first-order chi connectivity index (χ1) is 21.1. The summed E-state index contributed by atoms with van der Waals surface area (Å²) in [7, 11) is -1.79. The summed E-state index contributed by atoms with van der Waals surface area (Å²) in [6.45, 7) is 0. The van der Waals surface area contributed by atoms with Crippen LogP contribution >= 0.6 is 15.8 Å². The second kappa shape index (κ2) is 13.0. The van der Waals surface area contributed by atoms with Gasteiger partial charge in [0.25, 0.3) is 0 Å². The van der Waals surface area contributed by atoms with E-state index in [1.807, 2.05) is 54.6 Å². The number of benzene rings is 6. The van der Waals surface area contributed by atoms with Crippen LogP contribution in [0.4, 0.5) is 0 Å². The molecule has 3 nitrogen and oxygen atoms in total. The van der Waals surface area contributed by atoms with Crippen molar-refractivity contribution >= 4 is 53.6 Å². The molecular formula is C38H27NO2P2. The lowest BCUT2D eigenvalue weighted by Crippen LogP contribution is -2.22. The maximum Gasteiger partial charge on any atom is 0.335 e. The SMILES string of the molecule is N#Cc1ccccc1P(c1ccccc1)c1ccc(-c2cccc(P(c3ccccc3)c3ccc(C(=O)O)cc3)c2)cc1. The normalized spacial score (nSPS) is 12.2. The van der Waals surface area contributed by atoms with Crippen molar-refractivity contribution in [3.05, 3.63) is 169 Å². The van der Waals surface area contributed by atoms with Crippen LogP contribution in [0.25, 0.3) is 11.1 Å². The number of rotatable bonds is 8. The van der Waals surface area contributed by atoms with Crippen molar-refractivity contribution in [1.29, 1.82) is 5.26 Å². The van der Waals surface area contributed by atoms with Crippen LogP contribution < -0.4 is 31.8 Å². The zero-order valence-corrected chi connectivity index (χ0v) is 25.0. The van der Waals surface area contributed by atoms with Crippen molar-refractivity contribution in [3.63, 3.8) is 0 Å². The number of carboxylic acids is 1. The molecule has 0 aliphatic rings. The number of nitrogens with zero attached hydrogens (tertiary/aromatic N) is 1. The molecule has 0 amide bonds. The van der Waals surface area contributed by atoms with Crippen molar-refractivity contribution < 1.29 is 9.90 Å². The number of nitriles is 1. The molecule has 6 aromatic carbocycles. The fourth-order valence-corrected chi connectivity index (χ4v) is 9.86. The minimum atomic E-state index is -0.923. The molecule has 1 N–H and O–H groups in total. The molecule has 43 heavy (non-hydrogen) atoms. The number of hydrogen-bond acceptors (Lipinski definition) is 2. The van der Waals surface area contributed by atoms with Gasteiger partial charge in [-0.15, -0.1) is 0 Å². The van der Waals surface area contributed by atoms with Gasteiger partial charge in [-0.1, -0.05) is 133 Å². The smallest absolute Gasteiger partial charge is 0.335 e. The zero-order valence-electron chi connectivity index (χ0n) is 23.2. The molecule has 0 spiro atoms. The van der Waals surface area contributed by atoms with E-state index in [4.69, 9.17) is 0 Å². The number of carbonyl (C=O) groups is 1. The molecular weight excluding hydrogens is 564 g/mol. The highest BCUT2D eigenvalue weighted by Gasteiger charge is 2.20. The summed E-state index contributed by atoms with van der Waals surface area (Å²) in [5.74, 6) is -0.923. The molecule has 0 aliphatic heterocycles. The summed E-state index contributed by atoms with van der Waals surface area (Å²) < 4.78 is 0. The lowest BCUT2D eigenvalue weighted by molar-refractivity contribution is 0.0697. The molecule has 2 unspecified atom stereocenters. The van der Waals surface area contributed by atoms with Crippen LogP contribution in [0.3, 0.4) is 0 Å². The van der Waals surface area contributed by atoms with Gasteiger partial charge in [0.1, 0.15) is 0 Å². The van der Waals surface area contributed by atoms with E-state index in [2.05, 4.69) is 97.1 Å². The Labute approximate surface area is 254 Å². The van der Waals surface area contributed by atoms with E-state index < -0.39 is 21.8 Å². The fraction of sp³-hybridized carbons (Fsp3) is 0. The molecule has 6 rings (SSSR count). The van der Waals surface area contributed by atoms with E-state index in [0.29, 0.717) is 5.56 Å². The Kier molecular flexibility index (Phi) is 8.53. The van der Waals surface area contributed by atoms with Crippen molar-refractivity contribution in [2.45, 2.75) is 0 Å². The van der Waals surface area contributed by atoms with Crippen LogP contribution in [0.15, 0.2) is 158 Å². The van der Waals surface area contributed by atoms with Gasteiger partial charge in [-0.2, -0.15) is 5.26 Å². The Hall–Kier alpha value is -4.86. The second-order valence-electron chi connectivity index (χ2n) is 9.92. The lowest BCUT2D eigenvalue weighted by atomic mass is 10.1. The highest BCUT2D eigenvalue weighted by molar-refractivity contribution is 7.80. The van der Waals surface area contributed by atoms with Gasteiger partial charge in [-0.25, -0.2) is 4.79 Å². The predicted molar refractivity (Wildman–Crippen MR) is 181 cm³/mol. The Balaban J connectivity index is 1.38. The van der Waals surface area contributed by atoms with E-state index in [1.54, 1.807) is 12.1 Å². The third-order valence-corrected chi connectivity index (χ3v) is 12.2. The minimum absolute atomic E-state index is 0.286. The maximum absolute atomic E-state index is 11.5. The molecule has 206 valence electrons. The quantitative estimate of drug-likeness (QED) is 0.207. The minimum Gasteiger partial charge on any atom is -0.478 e. The standard InChI is InChI=1S/C38H27NO2P2/c39-27-31-10-7-8-17-37(31)43(33-14-5-2-6-15-33)35-22-18-28(19-23-35)30-11-9-16-36(26-30)42(32-12-3-1-4-13-32)34-24-20-29(21-25-34)38(40)41/h1-26H,(H,40,41). The van der Waals surface area contributed by atoms with Gasteiger partial charge in [0.05, 0.1) is 17.2 Å². The Morgan fingerprint density at radius 3 is 1.65 bits per heavy atom. The summed E-state index contributed by atoms with van der Waals surface area (Å²) in [5, 5.41) is 26.2. The number of hydrogen-bond donors (Lipinski definition) is 1. The molecule has 0 saturated heterocycles. The van der Waals surface area contributed by atoms with E-state index in [-0.39, 0.29) is 5.56 Å². The van der Waals surface area contributed by atoms with Gasteiger partial charge >= 0.3 is 5.97 Å². The van der Waals surface area contributed by atoms with E-state index in [0.717, 1.165) is 21.7 Å². The average Bonchev–Trinajstić information content (AvgIpc) is 3.07. The zero-order chi connectivity index (χ0) is 29.6. The topological polar surface area (TPSA) is 61.1 Å². The molecule has 0 bridgehead atoms. The first kappa shape index (κ1) is 28.3. The van der Waals surface area contributed by atoms with Crippen LogP contribution in [-0.2, 0) is 0 Å². The molecule has 0 aromatic heterocycles. The largest absolute Gasteiger partial charge is 0.478 e. The Bertz CT molecular complexity index is 1900. The van der Waals surface area contributed by atoms with Gasteiger partial charge in [0, 0.05) is 5.30 Å². The van der Waals surface area contributed by atoms with Crippen LogP contribution in [0.5, 0.6) is 0 Å². The van der Waals surface area contributed by atoms with Crippen LogP contribution in [0.2, 0.25) is 0 Å². The van der Waals surface area contributed by atoms with Gasteiger partial charge in [0.2, 0.25) is 0 Å². The molecule has 0 radical (unpaired) electrons. The van der Waals surface area contributed by atoms with Crippen molar-refractivity contribution in [1.82, 2.24) is 0 Å². The first-order valence-electron chi connectivity index (χ1n) is 13.9. The monoisotopic (exact) mass is 591 g/mol. The van der Waals surface area contributed by atoms with Crippen molar-refractivity contribution in [2.75, 3.05) is 0 Å². The van der Waals surface area contributed by atoms with Crippen LogP contribution in [-0.4, -0.2) is 11.1 Å². The maximum atomic E-state index is 11.5. The highest BCUT2D eigenvalue weighted by atomic mass is 31.1. The van der Waals surface area contributed by atoms with Gasteiger partial charge < -0.3 is 5.11 Å². The van der Waals surface area contributed by atoms with E-state index >= 15 is 0 Å². The Morgan fingerprint density at radius 2 is 1.02 bits per heavy atom. The number of aromatic carboxylic acids is 1. The molecule has 0 heterocycles. The summed E-state index contributed by atoms with van der Waals surface area (Å²) in [5.41, 5.74) is 3.23. The molecule has 2 atom stereocenters. The van der Waals surface area contributed by atoms with E-state index in [9.17, 15) is 15.2 Å². The third kappa shape index (κ3) is 6.18. The lowest BCUT2D eigenvalue weighted by Gasteiger charge is -2.21. The molecule has 6 aromatic rings. The van der Waals surface area contributed by atoms with Gasteiger partial charge in [0.15, 0.2) is 0 Å². The molecule has 5 heteroatoms. The Morgan fingerprint density at radius 1 is 0.512 bits per heavy atom. The second-order valence-corrected chi connectivity index (χ2v) is 14.3. The predicted octanol–water partition coefficient (Wildman–Crippen LogP) is 6.44. The number of carboxylic acid groups (broad SMARTS) is 1. The third-order valence-electron chi connectivity index (χ3n) is 7.23.